The lowest BCUT2D eigenvalue weighted by Gasteiger charge is -2.46. The SMILES string of the molecule is CC(C)c1ccnn1C1(C(=O)Nc2ccc(Cl)cc2OC(F)F)CCN(CC2(C(=O)O)CCN(C(=O)C3CC3)CC2)CC1. The first kappa shape index (κ1) is 31.2. The van der Waals surface area contributed by atoms with Gasteiger partial charge in [0.25, 0.3) is 5.91 Å². The predicted molar refractivity (Wildman–Crippen MR) is 155 cm³/mol. The number of benzene rings is 1. The lowest BCUT2D eigenvalue weighted by Crippen LogP contribution is -2.57. The van der Waals surface area contributed by atoms with Crippen molar-refractivity contribution in [3.63, 3.8) is 0 Å². The van der Waals surface area contributed by atoms with Gasteiger partial charge in [-0.3, -0.25) is 19.1 Å². The van der Waals surface area contributed by atoms with Crippen molar-refractivity contribution in [3.05, 3.63) is 41.2 Å². The number of piperidine rings is 2. The van der Waals surface area contributed by atoms with Crippen LogP contribution in [0.5, 0.6) is 5.75 Å². The Kier molecular flexibility index (Phi) is 8.99. The second-order valence-corrected chi connectivity index (χ2v) is 12.7. The van der Waals surface area contributed by atoms with Crippen molar-refractivity contribution in [1.82, 2.24) is 19.6 Å². The molecule has 3 fully saturated rings. The third-order valence-electron chi connectivity index (χ3n) is 9.12. The van der Waals surface area contributed by atoms with Gasteiger partial charge in [0.1, 0.15) is 5.54 Å². The van der Waals surface area contributed by atoms with Crippen molar-refractivity contribution in [3.8, 4) is 5.75 Å². The van der Waals surface area contributed by atoms with E-state index < -0.39 is 29.4 Å². The third-order valence-corrected chi connectivity index (χ3v) is 9.36. The molecule has 0 spiro atoms. The molecule has 3 aliphatic rings. The van der Waals surface area contributed by atoms with Gasteiger partial charge in [-0.2, -0.15) is 13.9 Å². The molecule has 1 aromatic heterocycles. The van der Waals surface area contributed by atoms with Crippen molar-refractivity contribution < 1.29 is 33.0 Å². The second-order valence-electron chi connectivity index (χ2n) is 12.3. The minimum absolute atomic E-state index is 0.0530. The number of aliphatic carboxylic acids is 1. The van der Waals surface area contributed by atoms with Gasteiger partial charge in [0, 0.05) is 61.6 Å². The molecule has 10 nitrogen and oxygen atoms in total. The summed E-state index contributed by atoms with van der Waals surface area (Å²) in [7, 11) is 0. The molecule has 2 saturated heterocycles. The van der Waals surface area contributed by atoms with Crippen LogP contribution in [0.2, 0.25) is 5.02 Å². The van der Waals surface area contributed by atoms with Crippen molar-refractivity contribution in [2.75, 3.05) is 38.0 Å². The first-order valence-corrected chi connectivity index (χ1v) is 15.2. The van der Waals surface area contributed by atoms with E-state index in [1.165, 1.54) is 18.2 Å². The maximum absolute atomic E-state index is 14.1. The van der Waals surface area contributed by atoms with Gasteiger partial charge in [-0.15, -0.1) is 0 Å². The van der Waals surface area contributed by atoms with Gasteiger partial charge in [-0.25, -0.2) is 0 Å². The molecule has 5 rings (SSSR count). The Labute approximate surface area is 254 Å². The van der Waals surface area contributed by atoms with Crippen molar-refractivity contribution in [2.24, 2.45) is 11.3 Å². The average molecular weight is 622 g/mol. The predicted octanol–water partition coefficient (Wildman–Crippen LogP) is 4.79. The number of carbonyl (C=O) groups is 3. The van der Waals surface area contributed by atoms with E-state index in [0.29, 0.717) is 58.4 Å². The number of nitrogens with zero attached hydrogens (tertiary/aromatic N) is 4. The fraction of sp³-hybridized carbons (Fsp3) is 0.600. The highest BCUT2D eigenvalue weighted by atomic mass is 35.5. The first-order valence-electron chi connectivity index (χ1n) is 14.8. The molecule has 0 radical (unpaired) electrons. The fourth-order valence-electron chi connectivity index (χ4n) is 6.37. The Hall–Kier alpha value is -3.25. The minimum Gasteiger partial charge on any atom is -0.481 e. The summed E-state index contributed by atoms with van der Waals surface area (Å²) in [5.74, 6) is -1.26. The zero-order valence-electron chi connectivity index (χ0n) is 24.4. The first-order chi connectivity index (χ1) is 20.4. The Bertz CT molecular complexity index is 1350. The van der Waals surface area contributed by atoms with Crippen LogP contribution in [0, 0.1) is 11.3 Å². The van der Waals surface area contributed by atoms with Crippen LogP contribution in [0.15, 0.2) is 30.5 Å². The molecule has 2 aliphatic heterocycles. The Morgan fingerprint density at radius 2 is 1.77 bits per heavy atom. The molecule has 2 amide bonds. The molecule has 2 N–H and O–H groups in total. The number of likely N-dealkylation sites (tertiary alicyclic amines) is 2. The number of carboxylic acid groups (broad SMARTS) is 1. The van der Waals surface area contributed by atoms with E-state index in [1.54, 1.807) is 15.8 Å². The highest BCUT2D eigenvalue weighted by Crippen LogP contribution is 2.40. The monoisotopic (exact) mass is 621 g/mol. The summed E-state index contributed by atoms with van der Waals surface area (Å²) in [6, 6.07) is 5.98. The van der Waals surface area contributed by atoms with Crippen molar-refractivity contribution in [1.29, 1.82) is 0 Å². The minimum atomic E-state index is -3.11. The molecule has 0 unspecified atom stereocenters. The van der Waals surface area contributed by atoms with E-state index in [-0.39, 0.29) is 34.2 Å². The quantitative estimate of drug-likeness (QED) is 0.392. The number of hydrogen-bond acceptors (Lipinski definition) is 6. The molecule has 1 aliphatic carbocycles. The van der Waals surface area contributed by atoms with Gasteiger partial charge in [-0.05, 0) is 62.6 Å². The number of nitrogens with one attached hydrogen (secondary N) is 1. The number of amides is 2. The maximum atomic E-state index is 14.1. The van der Waals surface area contributed by atoms with Gasteiger partial charge in [0.05, 0.1) is 11.1 Å². The summed E-state index contributed by atoms with van der Waals surface area (Å²) >= 11 is 6.00. The Balaban J connectivity index is 1.35. The van der Waals surface area contributed by atoms with Crippen molar-refractivity contribution in [2.45, 2.75) is 70.4 Å². The van der Waals surface area contributed by atoms with Gasteiger partial charge in [-0.1, -0.05) is 25.4 Å². The van der Waals surface area contributed by atoms with Crippen LogP contribution in [0.25, 0.3) is 0 Å². The lowest BCUT2D eigenvalue weighted by molar-refractivity contribution is -0.157. The highest BCUT2D eigenvalue weighted by molar-refractivity contribution is 6.30. The zero-order chi connectivity index (χ0) is 30.9. The van der Waals surface area contributed by atoms with E-state index in [9.17, 15) is 28.3 Å². The molecule has 2 aromatic rings. The van der Waals surface area contributed by atoms with Crippen LogP contribution >= 0.6 is 11.6 Å². The van der Waals surface area contributed by atoms with Crippen LogP contribution < -0.4 is 10.1 Å². The van der Waals surface area contributed by atoms with Crippen LogP contribution in [0.1, 0.15) is 64.0 Å². The van der Waals surface area contributed by atoms with Gasteiger partial charge >= 0.3 is 12.6 Å². The number of rotatable bonds is 10. The Morgan fingerprint density at radius 1 is 1.09 bits per heavy atom. The molecule has 1 saturated carbocycles. The summed E-state index contributed by atoms with van der Waals surface area (Å²) < 4.78 is 32.6. The van der Waals surface area contributed by atoms with Crippen molar-refractivity contribution >= 4 is 35.1 Å². The number of anilines is 1. The molecular formula is C30H38ClF2N5O5. The number of ether oxygens (including phenoxy) is 1. The molecule has 1 aromatic carbocycles. The summed E-state index contributed by atoms with van der Waals surface area (Å²) in [6.07, 6.45) is 4.86. The largest absolute Gasteiger partial charge is 0.481 e. The molecule has 0 bridgehead atoms. The topological polar surface area (TPSA) is 117 Å². The standard InChI is InChI=1S/C30H38ClF2N5O5/c1-19(2)23-7-12-34-38(23)30(26(40)35-22-6-5-21(31)17-24(22)43-28(32)33)10-13-36(14-11-30)18-29(27(41)42)8-15-37(16-9-29)25(39)20-3-4-20/h5-7,12,17,19-20,28H,3-4,8-11,13-16,18H2,1-2H3,(H,35,40)(H,41,42). The van der Waals surface area contributed by atoms with Gasteiger partial charge < -0.3 is 25.0 Å². The number of carbonyl (C=O) groups excluding carboxylic acids is 2. The van der Waals surface area contributed by atoms with E-state index in [1.807, 2.05) is 19.9 Å². The average Bonchev–Trinajstić information content (AvgIpc) is 3.69. The zero-order valence-corrected chi connectivity index (χ0v) is 25.2. The van der Waals surface area contributed by atoms with E-state index in [4.69, 9.17) is 11.6 Å². The molecule has 43 heavy (non-hydrogen) atoms. The number of aromatic nitrogens is 2. The highest BCUT2D eigenvalue weighted by Gasteiger charge is 2.49. The number of hydrogen-bond donors (Lipinski definition) is 2. The van der Waals surface area contributed by atoms with Gasteiger partial charge in [0.15, 0.2) is 5.75 Å². The lowest BCUT2D eigenvalue weighted by atomic mass is 9.76. The summed E-state index contributed by atoms with van der Waals surface area (Å²) in [5, 5.41) is 17.8. The number of halogens is 3. The summed E-state index contributed by atoms with van der Waals surface area (Å²) in [4.78, 5) is 43.1. The molecule has 3 heterocycles. The summed E-state index contributed by atoms with van der Waals surface area (Å²) in [6.45, 7) is 2.90. The van der Waals surface area contributed by atoms with Crippen LogP contribution in [-0.2, 0) is 19.9 Å². The molecule has 0 atom stereocenters. The third kappa shape index (κ3) is 6.50. The van der Waals surface area contributed by atoms with Gasteiger partial charge in [0.2, 0.25) is 5.91 Å². The van der Waals surface area contributed by atoms with E-state index >= 15 is 0 Å². The van der Waals surface area contributed by atoms with E-state index in [0.717, 1.165) is 18.5 Å². The molecule has 13 heteroatoms. The smallest absolute Gasteiger partial charge is 0.387 e. The Morgan fingerprint density at radius 3 is 2.35 bits per heavy atom. The second kappa shape index (κ2) is 12.4. The maximum Gasteiger partial charge on any atom is 0.387 e. The van der Waals surface area contributed by atoms with E-state index in [2.05, 4.69) is 20.1 Å². The summed E-state index contributed by atoms with van der Waals surface area (Å²) in [5.41, 5.74) is -1.23. The molecular weight excluding hydrogens is 584 g/mol. The van der Waals surface area contributed by atoms with Crippen LogP contribution in [-0.4, -0.2) is 81.8 Å². The normalized spacial score (nSPS) is 20.3. The number of alkyl halides is 2. The fourth-order valence-corrected chi connectivity index (χ4v) is 6.53. The number of carboxylic acids is 1. The van der Waals surface area contributed by atoms with Crippen LogP contribution in [0.4, 0.5) is 14.5 Å². The molecule has 234 valence electrons. The van der Waals surface area contributed by atoms with Crippen LogP contribution in [0.3, 0.4) is 0 Å².